The van der Waals surface area contributed by atoms with E-state index in [1.165, 1.54) is 12.1 Å². The molecule has 0 saturated heterocycles. The third-order valence-electron chi connectivity index (χ3n) is 2.88. The smallest absolute Gasteiger partial charge is 0.488 e. The zero-order valence-electron chi connectivity index (χ0n) is 10.5. The van der Waals surface area contributed by atoms with Gasteiger partial charge < -0.3 is 14.8 Å². The summed E-state index contributed by atoms with van der Waals surface area (Å²) in [7, 11) is -1.49. The maximum absolute atomic E-state index is 13.1. The van der Waals surface area contributed by atoms with Gasteiger partial charge in [0.1, 0.15) is 18.2 Å². The third kappa shape index (κ3) is 3.56. The molecule has 3 nitrogen and oxygen atoms in total. The van der Waals surface area contributed by atoms with Crippen LogP contribution in [0, 0.1) is 12.7 Å². The van der Waals surface area contributed by atoms with Crippen LogP contribution < -0.4 is 10.2 Å². The van der Waals surface area contributed by atoms with E-state index < -0.39 is 7.12 Å². The summed E-state index contributed by atoms with van der Waals surface area (Å²) >= 11 is 0. The van der Waals surface area contributed by atoms with E-state index in [2.05, 4.69) is 0 Å². The second kappa shape index (κ2) is 5.86. The molecule has 0 aliphatic rings. The average Bonchev–Trinajstić information content (AvgIpc) is 2.40. The predicted molar refractivity (Wildman–Crippen MR) is 71.7 cm³/mol. The van der Waals surface area contributed by atoms with Crippen LogP contribution in [0.25, 0.3) is 0 Å². The van der Waals surface area contributed by atoms with Gasteiger partial charge in [-0.25, -0.2) is 4.39 Å². The molecule has 98 valence electrons. The molecule has 0 atom stereocenters. The fourth-order valence-corrected chi connectivity index (χ4v) is 1.69. The number of rotatable bonds is 4. The maximum Gasteiger partial charge on any atom is 0.488 e. The minimum Gasteiger partial charge on any atom is -0.489 e. The normalized spacial score (nSPS) is 10.3. The molecule has 19 heavy (non-hydrogen) atoms. The SMILES string of the molecule is Cc1ccc(F)cc1COc1ccc(B(O)O)cc1. The van der Waals surface area contributed by atoms with Crippen LogP contribution in [0.2, 0.25) is 0 Å². The van der Waals surface area contributed by atoms with Gasteiger partial charge in [0.2, 0.25) is 0 Å². The highest BCUT2D eigenvalue weighted by Gasteiger charge is 2.10. The molecule has 2 rings (SSSR count). The van der Waals surface area contributed by atoms with Gasteiger partial charge in [0.15, 0.2) is 0 Å². The standard InChI is InChI=1S/C14H14BFO3/c1-10-2-5-13(16)8-11(10)9-19-14-6-3-12(4-7-14)15(17)18/h2-8,17-18H,9H2,1H3. The summed E-state index contributed by atoms with van der Waals surface area (Å²) in [5, 5.41) is 17.9. The molecule has 2 N–H and O–H groups in total. The molecule has 0 unspecified atom stereocenters. The fourth-order valence-electron chi connectivity index (χ4n) is 1.69. The Morgan fingerprint density at radius 2 is 1.79 bits per heavy atom. The zero-order chi connectivity index (χ0) is 13.8. The molecule has 0 amide bonds. The van der Waals surface area contributed by atoms with Crippen molar-refractivity contribution in [1.82, 2.24) is 0 Å². The van der Waals surface area contributed by atoms with E-state index in [1.807, 2.05) is 6.92 Å². The van der Waals surface area contributed by atoms with E-state index in [1.54, 1.807) is 30.3 Å². The summed E-state index contributed by atoms with van der Waals surface area (Å²) in [4.78, 5) is 0. The van der Waals surface area contributed by atoms with Crippen molar-refractivity contribution >= 4 is 12.6 Å². The molecule has 0 heterocycles. The van der Waals surface area contributed by atoms with Crippen LogP contribution in [0.1, 0.15) is 11.1 Å². The molecular weight excluding hydrogens is 246 g/mol. The second-order valence-electron chi connectivity index (χ2n) is 4.30. The van der Waals surface area contributed by atoms with Crippen molar-refractivity contribution in [3.8, 4) is 5.75 Å². The van der Waals surface area contributed by atoms with Crippen LogP contribution in [0.4, 0.5) is 4.39 Å². The first-order valence-electron chi connectivity index (χ1n) is 5.90. The monoisotopic (exact) mass is 260 g/mol. The van der Waals surface area contributed by atoms with Crippen LogP contribution in [0.3, 0.4) is 0 Å². The number of hydrogen-bond acceptors (Lipinski definition) is 3. The Morgan fingerprint density at radius 1 is 1.11 bits per heavy atom. The Morgan fingerprint density at radius 3 is 2.42 bits per heavy atom. The first kappa shape index (κ1) is 13.6. The highest BCUT2D eigenvalue weighted by atomic mass is 19.1. The van der Waals surface area contributed by atoms with Crippen LogP contribution in [0.15, 0.2) is 42.5 Å². The van der Waals surface area contributed by atoms with Crippen LogP contribution in [-0.2, 0) is 6.61 Å². The largest absolute Gasteiger partial charge is 0.489 e. The number of halogens is 1. The summed E-state index contributed by atoms with van der Waals surface area (Å²) in [5.41, 5.74) is 2.14. The van der Waals surface area contributed by atoms with Gasteiger partial charge >= 0.3 is 7.12 Å². The van der Waals surface area contributed by atoms with Gasteiger partial charge in [-0.05, 0) is 47.8 Å². The molecule has 5 heteroatoms. The number of aryl methyl sites for hydroxylation is 1. The van der Waals surface area contributed by atoms with Gasteiger partial charge in [0.25, 0.3) is 0 Å². The van der Waals surface area contributed by atoms with Gasteiger partial charge in [-0.1, -0.05) is 18.2 Å². The van der Waals surface area contributed by atoms with Crippen LogP contribution >= 0.6 is 0 Å². The summed E-state index contributed by atoms with van der Waals surface area (Å²) in [6, 6.07) is 11.0. The molecule has 0 bridgehead atoms. The van der Waals surface area contributed by atoms with E-state index in [4.69, 9.17) is 14.8 Å². The minimum atomic E-state index is -1.49. The van der Waals surface area contributed by atoms with E-state index in [-0.39, 0.29) is 12.4 Å². The molecule has 0 saturated carbocycles. The van der Waals surface area contributed by atoms with Crippen molar-refractivity contribution in [2.75, 3.05) is 0 Å². The Balaban J connectivity index is 2.04. The molecule has 0 radical (unpaired) electrons. The van der Waals surface area contributed by atoms with Crippen molar-refractivity contribution in [2.24, 2.45) is 0 Å². The lowest BCUT2D eigenvalue weighted by Gasteiger charge is -2.09. The third-order valence-corrected chi connectivity index (χ3v) is 2.88. The highest BCUT2D eigenvalue weighted by Crippen LogP contribution is 2.15. The van der Waals surface area contributed by atoms with Gasteiger partial charge in [-0.2, -0.15) is 0 Å². The van der Waals surface area contributed by atoms with E-state index in [9.17, 15) is 4.39 Å². The lowest BCUT2D eigenvalue weighted by atomic mass is 9.80. The van der Waals surface area contributed by atoms with E-state index >= 15 is 0 Å². The maximum atomic E-state index is 13.1. The van der Waals surface area contributed by atoms with E-state index in [0.29, 0.717) is 11.2 Å². The van der Waals surface area contributed by atoms with Gasteiger partial charge in [-0.3, -0.25) is 0 Å². The molecule has 0 aliphatic heterocycles. The van der Waals surface area contributed by atoms with Crippen molar-refractivity contribution < 1.29 is 19.2 Å². The molecule has 0 aliphatic carbocycles. The van der Waals surface area contributed by atoms with Crippen LogP contribution in [-0.4, -0.2) is 17.2 Å². The van der Waals surface area contributed by atoms with E-state index in [0.717, 1.165) is 11.1 Å². The molecule has 0 fully saturated rings. The van der Waals surface area contributed by atoms with Gasteiger partial charge in [-0.15, -0.1) is 0 Å². The number of hydrogen-bond donors (Lipinski definition) is 2. The van der Waals surface area contributed by atoms with Crippen molar-refractivity contribution in [1.29, 1.82) is 0 Å². The summed E-state index contributed by atoms with van der Waals surface area (Å²) in [5.74, 6) is 0.302. The summed E-state index contributed by atoms with van der Waals surface area (Å²) in [6.45, 7) is 2.16. The van der Waals surface area contributed by atoms with Gasteiger partial charge in [0, 0.05) is 0 Å². The predicted octanol–water partition coefficient (Wildman–Crippen LogP) is 1.39. The second-order valence-corrected chi connectivity index (χ2v) is 4.30. The van der Waals surface area contributed by atoms with Crippen molar-refractivity contribution in [3.05, 3.63) is 59.4 Å². The average molecular weight is 260 g/mol. The minimum absolute atomic E-state index is 0.268. The van der Waals surface area contributed by atoms with Gasteiger partial charge in [0.05, 0.1) is 0 Å². The molecule has 0 aromatic heterocycles. The topological polar surface area (TPSA) is 49.7 Å². The van der Waals surface area contributed by atoms with Crippen LogP contribution in [0.5, 0.6) is 5.75 Å². The lowest BCUT2D eigenvalue weighted by molar-refractivity contribution is 0.305. The Bertz CT molecular complexity index is 555. The Hall–Kier alpha value is -1.85. The van der Waals surface area contributed by atoms with Crippen molar-refractivity contribution in [3.63, 3.8) is 0 Å². The molecule has 2 aromatic rings. The Labute approximate surface area is 111 Å². The molecule has 2 aromatic carbocycles. The quantitative estimate of drug-likeness (QED) is 0.817. The molecule has 0 spiro atoms. The lowest BCUT2D eigenvalue weighted by Crippen LogP contribution is -2.29. The first-order valence-corrected chi connectivity index (χ1v) is 5.90. The summed E-state index contributed by atoms with van der Waals surface area (Å²) < 4.78 is 18.6. The summed E-state index contributed by atoms with van der Waals surface area (Å²) in [6.07, 6.45) is 0. The number of benzene rings is 2. The zero-order valence-corrected chi connectivity index (χ0v) is 10.5. The Kier molecular flexibility index (Phi) is 4.19. The first-order chi connectivity index (χ1) is 9.06. The number of ether oxygens (including phenoxy) is 1. The fraction of sp³-hybridized carbons (Fsp3) is 0.143. The van der Waals surface area contributed by atoms with Crippen molar-refractivity contribution in [2.45, 2.75) is 13.5 Å². The highest BCUT2D eigenvalue weighted by molar-refractivity contribution is 6.58. The molecular formula is C14H14BFO3.